The molecule has 2 rings (SSSR count). The Morgan fingerprint density at radius 2 is 1.95 bits per heavy atom. The largest absolute Gasteiger partial charge is 0.393 e. The lowest BCUT2D eigenvalue weighted by molar-refractivity contribution is 0.0847. The topological polar surface area (TPSA) is 23.5 Å². The number of aliphatic hydroxyl groups is 1. The van der Waals surface area contributed by atoms with Crippen molar-refractivity contribution in [3.63, 3.8) is 0 Å². The minimum Gasteiger partial charge on any atom is -0.393 e. The molecule has 1 fully saturated rings. The maximum Gasteiger partial charge on any atom is 0.0541 e. The standard InChI is InChI=1S/C16H24BrNO/c1-12-3-4-14(17)11-13(12)9-10-18(2)15-5-7-16(19)8-6-15/h3-4,11,15-16,19H,5-10H2,1-2H3. The quantitative estimate of drug-likeness (QED) is 0.915. The van der Waals surface area contributed by atoms with Crippen LogP contribution in [-0.2, 0) is 6.42 Å². The first-order valence-electron chi connectivity index (χ1n) is 7.19. The van der Waals surface area contributed by atoms with Gasteiger partial charge < -0.3 is 10.0 Å². The van der Waals surface area contributed by atoms with Crippen molar-refractivity contribution in [1.29, 1.82) is 0 Å². The zero-order valence-corrected chi connectivity index (χ0v) is 13.5. The summed E-state index contributed by atoms with van der Waals surface area (Å²) >= 11 is 3.55. The van der Waals surface area contributed by atoms with Gasteiger partial charge in [0, 0.05) is 17.1 Å². The Labute approximate surface area is 124 Å². The van der Waals surface area contributed by atoms with E-state index in [1.54, 1.807) is 0 Å². The number of hydrogen-bond acceptors (Lipinski definition) is 2. The van der Waals surface area contributed by atoms with Gasteiger partial charge in [-0.05, 0) is 69.3 Å². The van der Waals surface area contributed by atoms with Crippen LogP contribution in [0.3, 0.4) is 0 Å². The highest BCUT2D eigenvalue weighted by molar-refractivity contribution is 9.10. The van der Waals surface area contributed by atoms with Gasteiger partial charge in [-0.2, -0.15) is 0 Å². The average Bonchev–Trinajstić information content (AvgIpc) is 2.40. The number of benzene rings is 1. The predicted molar refractivity (Wildman–Crippen MR) is 83.5 cm³/mol. The third kappa shape index (κ3) is 4.30. The summed E-state index contributed by atoms with van der Waals surface area (Å²) in [5, 5.41) is 9.56. The summed E-state index contributed by atoms with van der Waals surface area (Å²) in [6.07, 6.45) is 5.23. The van der Waals surface area contributed by atoms with Gasteiger partial charge in [0.2, 0.25) is 0 Å². The van der Waals surface area contributed by atoms with E-state index in [1.165, 1.54) is 11.1 Å². The van der Waals surface area contributed by atoms with Crippen LogP contribution in [0.4, 0.5) is 0 Å². The molecule has 19 heavy (non-hydrogen) atoms. The number of rotatable bonds is 4. The normalized spacial score (nSPS) is 23.8. The van der Waals surface area contributed by atoms with Gasteiger partial charge >= 0.3 is 0 Å². The van der Waals surface area contributed by atoms with Gasteiger partial charge in [-0.1, -0.05) is 22.0 Å². The summed E-state index contributed by atoms with van der Waals surface area (Å²) in [6, 6.07) is 7.16. The fraction of sp³-hybridized carbons (Fsp3) is 0.625. The second kappa shape index (κ2) is 6.87. The van der Waals surface area contributed by atoms with Gasteiger partial charge in [0.05, 0.1) is 6.10 Å². The van der Waals surface area contributed by atoms with Crippen LogP contribution in [0.15, 0.2) is 22.7 Å². The van der Waals surface area contributed by atoms with E-state index in [1.807, 2.05) is 0 Å². The number of likely N-dealkylation sites (N-methyl/N-ethyl adjacent to an activating group) is 1. The fourth-order valence-corrected chi connectivity index (χ4v) is 3.30. The summed E-state index contributed by atoms with van der Waals surface area (Å²) in [5.74, 6) is 0. The van der Waals surface area contributed by atoms with Crippen molar-refractivity contribution in [2.75, 3.05) is 13.6 Å². The van der Waals surface area contributed by atoms with Crippen LogP contribution < -0.4 is 0 Å². The van der Waals surface area contributed by atoms with Crippen LogP contribution in [0.1, 0.15) is 36.8 Å². The molecular weight excluding hydrogens is 302 g/mol. The molecule has 0 radical (unpaired) electrons. The monoisotopic (exact) mass is 325 g/mol. The highest BCUT2D eigenvalue weighted by Crippen LogP contribution is 2.23. The van der Waals surface area contributed by atoms with Gasteiger partial charge in [0.15, 0.2) is 0 Å². The maximum absolute atomic E-state index is 9.56. The second-order valence-corrected chi connectivity index (χ2v) is 6.68. The lowest BCUT2D eigenvalue weighted by Gasteiger charge is -2.33. The van der Waals surface area contributed by atoms with E-state index in [0.29, 0.717) is 6.04 Å². The van der Waals surface area contributed by atoms with E-state index < -0.39 is 0 Å². The van der Waals surface area contributed by atoms with E-state index in [0.717, 1.165) is 43.1 Å². The molecule has 0 spiro atoms. The summed E-state index contributed by atoms with van der Waals surface area (Å²) < 4.78 is 1.16. The molecule has 0 saturated heterocycles. The predicted octanol–water partition coefficient (Wildman–Crippen LogP) is 3.54. The van der Waals surface area contributed by atoms with Crippen LogP contribution in [0, 0.1) is 6.92 Å². The number of aryl methyl sites for hydroxylation is 1. The highest BCUT2D eigenvalue weighted by atomic mass is 79.9. The SMILES string of the molecule is Cc1ccc(Br)cc1CCN(C)C1CCC(O)CC1. The minimum absolute atomic E-state index is 0.0584. The number of aliphatic hydroxyl groups excluding tert-OH is 1. The van der Waals surface area contributed by atoms with Crippen molar-refractivity contribution < 1.29 is 5.11 Å². The molecule has 1 aliphatic carbocycles. The molecule has 1 aromatic carbocycles. The maximum atomic E-state index is 9.56. The molecule has 0 bridgehead atoms. The van der Waals surface area contributed by atoms with Gasteiger partial charge in [-0.3, -0.25) is 0 Å². The number of hydrogen-bond donors (Lipinski definition) is 1. The smallest absolute Gasteiger partial charge is 0.0541 e. The lowest BCUT2D eigenvalue weighted by atomic mass is 9.92. The van der Waals surface area contributed by atoms with E-state index >= 15 is 0 Å². The Morgan fingerprint density at radius 3 is 2.63 bits per heavy atom. The van der Waals surface area contributed by atoms with Gasteiger partial charge in [-0.15, -0.1) is 0 Å². The summed E-state index contributed by atoms with van der Waals surface area (Å²) in [4.78, 5) is 2.46. The zero-order chi connectivity index (χ0) is 13.8. The third-order valence-corrected chi connectivity index (χ3v) is 4.83. The summed E-state index contributed by atoms with van der Waals surface area (Å²) in [6.45, 7) is 3.27. The number of nitrogens with zero attached hydrogens (tertiary/aromatic N) is 1. The molecule has 0 unspecified atom stereocenters. The first-order chi connectivity index (χ1) is 9.06. The van der Waals surface area contributed by atoms with Crippen LogP contribution in [0.5, 0.6) is 0 Å². The Balaban J connectivity index is 1.86. The number of halogens is 1. The molecule has 2 nitrogen and oxygen atoms in total. The zero-order valence-electron chi connectivity index (χ0n) is 11.9. The van der Waals surface area contributed by atoms with Crippen LogP contribution >= 0.6 is 15.9 Å². The third-order valence-electron chi connectivity index (χ3n) is 4.33. The molecule has 0 heterocycles. The molecule has 1 aromatic rings. The van der Waals surface area contributed by atoms with Crippen LogP contribution in [0.25, 0.3) is 0 Å². The van der Waals surface area contributed by atoms with Crippen molar-refractivity contribution in [3.05, 3.63) is 33.8 Å². The minimum atomic E-state index is -0.0584. The van der Waals surface area contributed by atoms with E-state index in [2.05, 4.69) is 53.0 Å². The first-order valence-corrected chi connectivity index (χ1v) is 7.99. The molecule has 106 valence electrons. The van der Waals surface area contributed by atoms with Gasteiger partial charge in [0.25, 0.3) is 0 Å². The van der Waals surface area contributed by atoms with Crippen molar-refractivity contribution in [3.8, 4) is 0 Å². The molecule has 1 saturated carbocycles. The average molecular weight is 326 g/mol. The fourth-order valence-electron chi connectivity index (χ4n) is 2.89. The molecule has 1 N–H and O–H groups in total. The van der Waals surface area contributed by atoms with E-state index in [-0.39, 0.29) is 6.10 Å². The molecule has 0 atom stereocenters. The van der Waals surface area contributed by atoms with Crippen molar-refractivity contribution >= 4 is 15.9 Å². The first kappa shape index (κ1) is 15.0. The Morgan fingerprint density at radius 1 is 1.26 bits per heavy atom. The Hall–Kier alpha value is -0.380. The lowest BCUT2D eigenvalue weighted by Crippen LogP contribution is -2.37. The summed E-state index contributed by atoms with van der Waals surface area (Å²) in [7, 11) is 2.22. The van der Waals surface area contributed by atoms with Crippen molar-refractivity contribution in [2.45, 2.75) is 51.2 Å². The van der Waals surface area contributed by atoms with Crippen molar-refractivity contribution in [1.82, 2.24) is 4.90 Å². The highest BCUT2D eigenvalue weighted by Gasteiger charge is 2.22. The molecule has 3 heteroatoms. The molecule has 0 amide bonds. The molecular formula is C16H24BrNO. The van der Waals surface area contributed by atoms with E-state index in [4.69, 9.17) is 0 Å². The molecule has 0 aromatic heterocycles. The van der Waals surface area contributed by atoms with Gasteiger partial charge in [0.1, 0.15) is 0 Å². The van der Waals surface area contributed by atoms with Gasteiger partial charge in [-0.25, -0.2) is 0 Å². The summed E-state index contributed by atoms with van der Waals surface area (Å²) in [5.41, 5.74) is 2.80. The Bertz CT molecular complexity index is 413. The molecule has 1 aliphatic rings. The van der Waals surface area contributed by atoms with Crippen LogP contribution in [0.2, 0.25) is 0 Å². The Kier molecular flexibility index (Phi) is 5.43. The molecule has 0 aliphatic heterocycles. The van der Waals surface area contributed by atoms with Crippen LogP contribution in [-0.4, -0.2) is 35.7 Å². The second-order valence-electron chi connectivity index (χ2n) is 5.76. The van der Waals surface area contributed by atoms with Crippen molar-refractivity contribution in [2.24, 2.45) is 0 Å². The van der Waals surface area contributed by atoms with E-state index in [9.17, 15) is 5.11 Å².